The van der Waals surface area contributed by atoms with E-state index in [1.165, 1.54) is 0 Å². The molecule has 10 rings (SSSR count). The zero-order valence-corrected chi connectivity index (χ0v) is 33.5. The molecule has 62 heavy (non-hydrogen) atoms. The second kappa shape index (κ2) is 16.9. The van der Waals surface area contributed by atoms with E-state index < -0.39 is 0 Å². The lowest BCUT2D eigenvalue weighted by Gasteiger charge is -2.16. The van der Waals surface area contributed by atoms with Gasteiger partial charge in [-0.25, -0.2) is 24.9 Å². The van der Waals surface area contributed by atoms with Gasteiger partial charge < -0.3 is 0 Å². The molecule has 0 aliphatic rings. The SMILES string of the molecule is N#Cc1cccc(-c2ccccc2-c2nc(-c3ccccc3)nc(-c3ccccc3-c3ccccc3-c3ccc(-c4nc(-c5ccccc5)cc(-c5ccccc5)n4)cc3)n2)c1. The van der Waals surface area contributed by atoms with Crippen LogP contribution in [0.1, 0.15) is 5.56 Å². The second-order valence-corrected chi connectivity index (χ2v) is 14.8. The maximum Gasteiger partial charge on any atom is 0.164 e. The minimum Gasteiger partial charge on any atom is -0.228 e. The fraction of sp³-hybridized carbons (Fsp3) is 0. The molecule has 10 aromatic rings. The summed E-state index contributed by atoms with van der Waals surface area (Å²) < 4.78 is 0. The van der Waals surface area contributed by atoms with Crippen LogP contribution in [0.5, 0.6) is 0 Å². The minimum absolute atomic E-state index is 0.541. The van der Waals surface area contributed by atoms with Gasteiger partial charge in [0.2, 0.25) is 0 Å². The molecule has 0 aliphatic heterocycles. The first-order chi connectivity index (χ1) is 30.7. The zero-order chi connectivity index (χ0) is 41.7. The van der Waals surface area contributed by atoms with Gasteiger partial charge in [0.05, 0.1) is 23.0 Å². The molecule has 8 aromatic carbocycles. The molecule has 0 aliphatic carbocycles. The summed E-state index contributed by atoms with van der Waals surface area (Å²) in [5, 5.41) is 9.69. The third-order valence-corrected chi connectivity index (χ3v) is 10.8. The first-order valence-electron chi connectivity index (χ1n) is 20.4. The Balaban J connectivity index is 1.07. The average Bonchev–Trinajstić information content (AvgIpc) is 3.37. The van der Waals surface area contributed by atoms with Gasteiger partial charge in [0.1, 0.15) is 0 Å². The van der Waals surface area contributed by atoms with E-state index in [0.29, 0.717) is 28.9 Å². The van der Waals surface area contributed by atoms with E-state index in [1.54, 1.807) is 0 Å². The van der Waals surface area contributed by atoms with Crippen LogP contribution < -0.4 is 0 Å². The fourth-order valence-corrected chi connectivity index (χ4v) is 7.79. The monoisotopic (exact) mass is 792 g/mol. The number of hydrogen-bond acceptors (Lipinski definition) is 6. The summed E-state index contributed by atoms with van der Waals surface area (Å²) in [7, 11) is 0. The lowest BCUT2D eigenvalue weighted by molar-refractivity contribution is 1.07. The van der Waals surface area contributed by atoms with Crippen LogP contribution in [-0.4, -0.2) is 24.9 Å². The number of nitriles is 1. The van der Waals surface area contributed by atoms with E-state index >= 15 is 0 Å². The first-order valence-corrected chi connectivity index (χ1v) is 20.4. The van der Waals surface area contributed by atoms with Crippen molar-refractivity contribution in [2.75, 3.05) is 0 Å². The van der Waals surface area contributed by atoms with Crippen LogP contribution >= 0.6 is 0 Å². The van der Waals surface area contributed by atoms with E-state index in [1.807, 2.05) is 121 Å². The summed E-state index contributed by atoms with van der Waals surface area (Å²) in [6.45, 7) is 0. The van der Waals surface area contributed by atoms with Crippen LogP contribution in [-0.2, 0) is 0 Å². The third-order valence-electron chi connectivity index (χ3n) is 10.8. The van der Waals surface area contributed by atoms with E-state index in [9.17, 15) is 5.26 Å². The van der Waals surface area contributed by atoms with E-state index in [-0.39, 0.29) is 0 Å². The molecule has 6 nitrogen and oxygen atoms in total. The fourth-order valence-electron chi connectivity index (χ4n) is 7.79. The molecule has 0 amide bonds. The molecule has 0 spiro atoms. The molecule has 290 valence electrons. The summed E-state index contributed by atoms with van der Waals surface area (Å²) in [6, 6.07) is 75.7. The zero-order valence-electron chi connectivity index (χ0n) is 33.5. The highest BCUT2D eigenvalue weighted by atomic mass is 15.0. The molecule has 0 N–H and O–H groups in total. The molecule has 0 radical (unpaired) electrons. The van der Waals surface area contributed by atoms with Gasteiger partial charge in [-0.2, -0.15) is 5.26 Å². The number of aromatic nitrogens is 5. The molecular weight excluding hydrogens is 757 g/mol. The molecule has 0 bridgehead atoms. The highest BCUT2D eigenvalue weighted by molar-refractivity contribution is 5.91. The summed E-state index contributed by atoms with van der Waals surface area (Å²) in [5.74, 6) is 2.33. The topological polar surface area (TPSA) is 88.2 Å². The van der Waals surface area contributed by atoms with Crippen molar-refractivity contribution >= 4 is 0 Å². The second-order valence-electron chi connectivity index (χ2n) is 14.8. The smallest absolute Gasteiger partial charge is 0.164 e. The van der Waals surface area contributed by atoms with Gasteiger partial charge in [0, 0.05) is 33.4 Å². The van der Waals surface area contributed by atoms with E-state index in [2.05, 4.69) is 103 Å². The summed E-state index contributed by atoms with van der Waals surface area (Å²) >= 11 is 0. The molecule has 6 heteroatoms. The maximum absolute atomic E-state index is 9.69. The van der Waals surface area contributed by atoms with Gasteiger partial charge in [-0.1, -0.05) is 200 Å². The number of nitrogens with zero attached hydrogens (tertiary/aromatic N) is 6. The lowest BCUT2D eigenvalue weighted by atomic mass is 9.91. The summed E-state index contributed by atoms with van der Waals surface area (Å²) in [6.07, 6.45) is 0. The van der Waals surface area contributed by atoms with E-state index in [4.69, 9.17) is 24.9 Å². The van der Waals surface area contributed by atoms with Crippen molar-refractivity contribution in [1.82, 2.24) is 24.9 Å². The molecule has 0 fully saturated rings. The highest BCUT2D eigenvalue weighted by Gasteiger charge is 2.20. The van der Waals surface area contributed by atoms with Gasteiger partial charge in [-0.15, -0.1) is 0 Å². The van der Waals surface area contributed by atoms with Crippen LogP contribution in [0.15, 0.2) is 218 Å². The van der Waals surface area contributed by atoms with Gasteiger partial charge in [0.25, 0.3) is 0 Å². The Morgan fingerprint density at radius 1 is 0.258 bits per heavy atom. The largest absolute Gasteiger partial charge is 0.228 e. The summed E-state index contributed by atoms with van der Waals surface area (Å²) in [4.78, 5) is 25.6. The van der Waals surface area contributed by atoms with Gasteiger partial charge >= 0.3 is 0 Å². The first kappa shape index (κ1) is 37.6. The van der Waals surface area contributed by atoms with Gasteiger partial charge in [-0.05, 0) is 51.6 Å². The quantitative estimate of drug-likeness (QED) is 0.145. The van der Waals surface area contributed by atoms with Crippen LogP contribution in [0.25, 0.3) is 101 Å². The molecule has 0 saturated heterocycles. The number of hydrogen-bond donors (Lipinski definition) is 0. The Labute approximate surface area is 360 Å². The Morgan fingerprint density at radius 2 is 0.629 bits per heavy atom. The highest BCUT2D eigenvalue weighted by Crippen LogP contribution is 2.40. The lowest BCUT2D eigenvalue weighted by Crippen LogP contribution is -2.02. The third kappa shape index (κ3) is 7.66. The number of benzene rings is 8. The normalized spacial score (nSPS) is 10.9. The minimum atomic E-state index is 0.541. The summed E-state index contributed by atoms with van der Waals surface area (Å²) in [5.41, 5.74) is 13.9. The van der Waals surface area contributed by atoms with Crippen LogP contribution in [0.3, 0.4) is 0 Å². The van der Waals surface area contributed by atoms with Crippen LogP contribution in [0.4, 0.5) is 0 Å². The molecule has 2 aromatic heterocycles. The Kier molecular flexibility index (Phi) is 10.3. The predicted octanol–water partition coefficient (Wildman–Crippen LogP) is 13.5. The Bertz CT molecular complexity index is 3170. The van der Waals surface area contributed by atoms with Crippen molar-refractivity contribution in [1.29, 1.82) is 5.26 Å². The van der Waals surface area contributed by atoms with E-state index in [0.717, 1.165) is 78.1 Å². The Morgan fingerprint density at radius 3 is 1.18 bits per heavy atom. The van der Waals surface area contributed by atoms with Crippen molar-refractivity contribution in [2.24, 2.45) is 0 Å². The molecule has 0 atom stereocenters. The molecule has 0 saturated carbocycles. The van der Waals surface area contributed by atoms with Crippen molar-refractivity contribution in [2.45, 2.75) is 0 Å². The predicted molar refractivity (Wildman–Crippen MR) is 249 cm³/mol. The van der Waals surface area contributed by atoms with Gasteiger partial charge in [-0.3, -0.25) is 0 Å². The average molecular weight is 793 g/mol. The van der Waals surface area contributed by atoms with Crippen molar-refractivity contribution in [3.05, 3.63) is 224 Å². The molecular formula is C56H36N6. The van der Waals surface area contributed by atoms with Crippen molar-refractivity contribution in [3.63, 3.8) is 0 Å². The standard InChI is InChI=1S/C56H36N6/c57-37-38-17-16-24-44(35-38)46-26-11-14-29-49(46)55-60-54(42-22-8-3-9-23-42)61-56(62-55)50-30-15-13-28-48(50)47-27-12-10-25-45(47)39-31-33-43(34-32-39)53-58-51(40-18-4-1-5-19-40)36-52(59-53)41-20-6-2-7-21-41/h1-36H. The number of rotatable bonds is 9. The Hall–Kier alpha value is -8.66. The molecule has 0 unspecified atom stereocenters. The van der Waals surface area contributed by atoms with Crippen LogP contribution in [0, 0.1) is 11.3 Å². The van der Waals surface area contributed by atoms with Crippen molar-refractivity contribution in [3.8, 4) is 108 Å². The maximum atomic E-state index is 9.69. The van der Waals surface area contributed by atoms with Crippen LogP contribution in [0.2, 0.25) is 0 Å². The van der Waals surface area contributed by atoms with Crippen molar-refractivity contribution < 1.29 is 0 Å². The molecule has 2 heterocycles. The van der Waals surface area contributed by atoms with Gasteiger partial charge in [0.15, 0.2) is 23.3 Å².